The predicted molar refractivity (Wildman–Crippen MR) is 121 cm³/mol. The van der Waals surface area contributed by atoms with Crippen molar-refractivity contribution < 1.29 is 17.6 Å². The van der Waals surface area contributed by atoms with E-state index in [-0.39, 0.29) is 11.1 Å². The number of nitrogens with zero attached hydrogens (tertiary/aromatic N) is 3. The topological polar surface area (TPSA) is 29.0 Å². The summed E-state index contributed by atoms with van der Waals surface area (Å²) in [5.41, 5.74) is 0.490. The minimum Gasteiger partial charge on any atom is -0.306 e. The first-order valence-electron chi connectivity index (χ1n) is 10.3. The zero-order valence-corrected chi connectivity index (χ0v) is 18.3. The summed E-state index contributed by atoms with van der Waals surface area (Å²) < 4.78 is 55.4. The molecule has 2 aromatic heterocycles. The van der Waals surface area contributed by atoms with E-state index >= 15 is 0 Å². The van der Waals surface area contributed by atoms with Gasteiger partial charge in [0.15, 0.2) is 0 Å². The van der Waals surface area contributed by atoms with E-state index in [4.69, 9.17) is 0 Å². The molecule has 33 heavy (non-hydrogen) atoms. The van der Waals surface area contributed by atoms with Crippen molar-refractivity contribution >= 4 is 11.6 Å². The Labute approximate surface area is 189 Å². The highest BCUT2D eigenvalue weighted by Gasteiger charge is 2.27. The molecule has 0 aliphatic carbocycles. The smallest absolute Gasteiger partial charge is 0.135 e. The SMILES string of the molecule is CC(C)(C)N(c1cccc(-c2ccc(F)cc2F)n1)c1cccc(-c2ccc(F)cc2F)n1. The second-order valence-corrected chi connectivity index (χ2v) is 8.52. The van der Waals surface area contributed by atoms with Gasteiger partial charge in [-0.1, -0.05) is 12.1 Å². The van der Waals surface area contributed by atoms with Crippen LogP contribution >= 0.6 is 0 Å². The number of pyridine rings is 2. The van der Waals surface area contributed by atoms with Gasteiger partial charge in [-0.15, -0.1) is 0 Å². The summed E-state index contributed by atoms with van der Waals surface area (Å²) in [6.07, 6.45) is 0. The Bertz CT molecular complexity index is 1220. The Kier molecular flexibility index (Phi) is 5.89. The van der Waals surface area contributed by atoms with E-state index < -0.39 is 28.8 Å². The molecule has 0 saturated heterocycles. The lowest BCUT2D eigenvalue weighted by Crippen LogP contribution is -2.38. The summed E-state index contributed by atoms with van der Waals surface area (Å²) in [5, 5.41) is 0. The van der Waals surface area contributed by atoms with E-state index in [0.29, 0.717) is 23.0 Å². The lowest BCUT2D eigenvalue weighted by molar-refractivity contribution is 0.551. The Morgan fingerprint density at radius 2 is 1.03 bits per heavy atom. The van der Waals surface area contributed by atoms with Crippen LogP contribution in [0.3, 0.4) is 0 Å². The normalized spacial score (nSPS) is 11.5. The van der Waals surface area contributed by atoms with Crippen LogP contribution in [0.25, 0.3) is 22.5 Å². The van der Waals surface area contributed by atoms with Gasteiger partial charge in [0.1, 0.15) is 34.9 Å². The fraction of sp³-hybridized carbons (Fsp3) is 0.154. The highest BCUT2D eigenvalue weighted by Crippen LogP contribution is 2.34. The highest BCUT2D eigenvalue weighted by molar-refractivity contribution is 5.68. The van der Waals surface area contributed by atoms with Crippen LogP contribution in [0.2, 0.25) is 0 Å². The second-order valence-electron chi connectivity index (χ2n) is 8.52. The molecule has 0 unspecified atom stereocenters. The Balaban J connectivity index is 1.81. The first-order chi connectivity index (χ1) is 15.6. The zero-order valence-electron chi connectivity index (χ0n) is 18.3. The van der Waals surface area contributed by atoms with Crippen LogP contribution < -0.4 is 4.90 Å². The van der Waals surface area contributed by atoms with Crippen LogP contribution in [0.4, 0.5) is 29.2 Å². The number of rotatable bonds is 4. The lowest BCUT2D eigenvalue weighted by Gasteiger charge is -2.36. The maximum absolute atomic E-state index is 14.4. The van der Waals surface area contributed by atoms with Crippen molar-refractivity contribution in [1.82, 2.24) is 9.97 Å². The Morgan fingerprint density at radius 3 is 1.39 bits per heavy atom. The van der Waals surface area contributed by atoms with Crippen molar-refractivity contribution in [3.05, 3.63) is 96.1 Å². The molecule has 7 heteroatoms. The van der Waals surface area contributed by atoms with Gasteiger partial charge < -0.3 is 4.90 Å². The van der Waals surface area contributed by atoms with Crippen LogP contribution in [0, 0.1) is 23.3 Å². The van der Waals surface area contributed by atoms with E-state index in [1.54, 1.807) is 36.4 Å². The molecule has 0 aliphatic rings. The van der Waals surface area contributed by atoms with Crippen molar-refractivity contribution in [2.45, 2.75) is 26.3 Å². The number of hydrogen-bond acceptors (Lipinski definition) is 3. The monoisotopic (exact) mass is 451 g/mol. The molecule has 0 amide bonds. The summed E-state index contributed by atoms with van der Waals surface area (Å²) in [5.74, 6) is -1.81. The lowest BCUT2D eigenvalue weighted by atomic mass is 10.0. The Hall–Kier alpha value is -3.74. The molecule has 0 N–H and O–H groups in total. The van der Waals surface area contributed by atoms with E-state index in [1.165, 1.54) is 24.3 Å². The van der Waals surface area contributed by atoms with Crippen LogP contribution in [-0.2, 0) is 0 Å². The van der Waals surface area contributed by atoms with Gasteiger partial charge in [0.2, 0.25) is 0 Å². The summed E-state index contributed by atoms with van der Waals surface area (Å²) >= 11 is 0. The Morgan fingerprint density at radius 1 is 0.606 bits per heavy atom. The summed E-state index contributed by atoms with van der Waals surface area (Å²) in [6.45, 7) is 5.85. The molecule has 0 saturated carbocycles. The molecule has 3 nitrogen and oxygen atoms in total. The fourth-order valence-electron chi connectivity index (χ4n) is 3.59. The largest absolute Gasteiger partial charge is 0.306 e. The average molecular weight is 451 g/mol. The summed E-state index contributed by atoms with van der Waals surface area (Å²) in [7, 11) is 0. The molecule has 0 spiro atoms. The molecule has 4 rings (SSSR count). The van der Waals surface area contributed by atoms with Crippen LogP contribution in [0.5, 0.6) is 0 Å². The van der Waals surface area contributed by atoms with Gasteiger partial charge >= 0.3 is 0 Å². The highest BCUT2D eigenvalue weighted by atomic mass is 19.1. The van der Waals surface area contributed by atoms with Crippen LogP contribution in [0.1, 0.15) is 20.8 Å². The van der Waals surface area contributed by atoms with Crippen molar-refractivity contribution in [2.24, 2.45) is 0 Å². The predicted octanol–water partition coefficient (Wildman–Crippen LogP) is 7.30. The van der Waals surface area contributed by atoms with E-state index in [1.807, 2.05) is 25.7 Å². The molecule has 0 aliphatic heterocycles. The van der Waals surface area contributed by atoms with Gasteiger partial charge in [-0.2, -0.15) is 0 Å². The second kappa shape index (κ2) is 8.65. The zero-order chi connectivity index (χ0) is 23.8. The average Bonchev–Trinajstić information content (AvgIpc) is 2.73. The maximum atomic E-state index is 14.4. The molecule has 0 bridgehead atoms. The molecular formula is C26H21F4N3. The quantitative estimate of drug-likeness (QED) is 0.305. The number of aromatic nitrogens is 2. The van der Waals surface area contributed by atoms with Crippen molar-refractivity contribution in [3.8, 4) is 22.5 Å². The maximum Gasteiger partial charge on any atom is 0.135 e. The standard InChI is InChI=1S/C26H21F4N3/c1-26(2,3)33(24-8-4-6-22(31-24)18-12-10-16(27)14-20(18)29)25-9-5-7-23(32-25)19-13-11-17(28)15-21(19)30/h4-15H,1-3H3. The molecule has 0 atom stereocenters. The van der Waals surface area contributed by atoms with Gasteiger partial charge in [0.05, 0.1) is 11.4 Å². The van der Waals surface area contributed by atoms with E-state index in [2.05, 4.69) is 9.97 Å². The third-order valence-electron chi connectivity index (χ3n) is 5.01. The molecular weight excluding hydrogens is 430 g/mol. The molecule has 0 fully saturated rings. The summed E-state index contributed by atoms with van der Waals surface area (Å²) in [4.78, 5) is 11.1. The van der Waals surface area contributed by atoms with Gasteiger partial charge in [-0.3, -0.25) is 0 Å². The molecule has 4 aromatic rings. The first-order valence-corrected chi connectivity index (χ1v) is 10.3. The molecule has 168 valence electrons. The number of benzene rings is 2. The number of halogens is 4. The minimum absolute atomic E-state index is 0.169. The number of anilines is 2. The van der Waals surface area contributed by atoms with Crippen LogP contribution in [0.15, 0.2) is 72.8 Å². The molecule has 0 radical (unpaired) electrons. The minimum atomic E-state index is -0.714. The van der Waals surface area contributed by atoms with Gasteiger partial charge in [-0.25, -0.2) is 27.5 Å². The third kappa shape index (κ3) is 4.72. The fourth-order valence-corrected chi connectivity index (χ4v) is 3.59. The van der Waals surface area contributed by atoms with Gasteiger partial charge in [0, 0.05) is 28.8 Å². The van der Waals surface area contributed by atoms with E-state index in [0.717, 1.165) is 12.1 Å². The van der Waals surface area contributed by atoms with E-state index in [9.17, 15) is 17.6 Å². The first kappa shape index (κ1) is 22.5. The molecule has 2 heterocycles. The summed E-state index contributed by atoms with van der Waals surface area (Å²) in [6, 6.07) is 16.9. The van der Waals surface area contributed by atoms with Crippen molar-refractivity contribution in [2.75, 3.05) is 4.90 Å². The third-order valence-corrected chi connectivity index (χ3v) is 5.01. The van der Waals surface area contributed by atoms with Gasteiger partial charge in [0.25, 0.3) is 0 Å². The van der Waals surface area contributed by atoms with Crippen LogP contribution in [-0.4, -0.2) is 15.5 Å². The number of hydrogen-bond donors (Lipinski definition) is 0. The van der Waals surface area contributed by atoms with Crippen molar-refractivity contribution in [3.63, 3.8) is 0 Å². The molecule has 2 aromatic carbocycles. The van der Waals surface area contributed by atoms with Crippen molar-refractivity contribution in [1.29, 1.82) is 0 Å². The van der Waals surface area contributed by atoms with Gasteiger partial charge in [-0.05, 0) is 69.3 Å².